The molecule has 0 aliphatic rings. The summed E-state index contributed by atoms with van der Waals surface area (Å²) >= 11 is 5.31. The van der Waals surface area contributed by atoms with Crippen LogP contribution in [0.2, 0.25) is 0 Å². The Kier molecular flexibility index (Phi) is 4.11. The van der Waals surface area contributed by atoms with Gasteiger partial charge in [0.05, 0.1) is 11.9 Å². The standard InChI is InChI=1S/C8H11ClN4O2/c1-10-8(15)5-13-4-6(3-11-13)12-7(14)2-9/h3-4H,2,5H2,1H3,(H,10,15)(H,12,14). The number of likely N-dealkylation sites (N-methyl/N-ethyl adjacent to an activating group) is 1. The average Bonchev–Trinajstić information content (AvgIpc) is 2.65. The molecule has 0 saturated carbocycles. The van der Waals surface area contributed by atoms with Gasteiger partial charge in [-0.1, -0.05) is 0 Å². The number of rotatable bonds is 4. The zero-order chi connectivity index (χ0) is 11.3. The smallest absolute Gasteiger partial charge is 0.241 e. The molecule has 1 rings (SSSR count). The number of carbonyl (C=O) groups is 2. The molecule has 82 valence electrons. The van der Waals surface area contributed by atoms with E-state index in [0.717, 1.165) is 0 Å². The maximum Gasteiger partial charge on any atom is 0.241 e. The van der Waals surface area contributed by atoms with E-state index >= 15 is 0 Å². The van der Waals surface area contributed by atoms with E-state index in [-0.39, 0.29) is 24.2 Å². The second kappa shape index (κ2) is 5.35. The largest absolute Gasteiger partial charge is 0.358 e. The third-order valence-electron chi connectivity index (χ3n) is 1.62. The van der Waals surface area contributed by atoms with Gasteiger partial charge < -0.3 is 10.6 Å². The van der Waals surface area contributed by atoms with Crippen molar-refractivity contribution in [3.05, 3.63) is 12.4 Å². The normalized spacial score (nSPS) is 9.73. The van der Waals surface area contributed by atoms with Crippen LogP contribution in [0.5, 0.6) is 0 Å². The second-order valence-corrected chi connectivity index (χ2v) is 3.05. The third-order valence-corrected chi connectivity index (χ3v) is 1.87. The number of halogens is 1. The van der Waals surface area contributed by atoms with Gasteiger partial charge >= 0.3 is 0 Å². The highest BCUT2D eigenvalue weighted by molar-refractivity contribution is 6.29. The van der Waals surface area contributed by atoms with Crippen molar-refractivity contribution in [1.82, 2.24) is 15.1 Å². The lowest BCUT2D eigenvalue weighted by atomic mass is 10.5. The highest BCUT2D eigenvalue weighted by atomic mass is 35.5. The molecule has 0 atom stereocenters. The van der Waals surface area contributed by atoms with Gasteiger partial charge in [-0.05, 0) is 0 Å². The van der Waals surface area contributed by atoms with E-state index in [1.165, 1.54) is 10.9 Å². The molecule has 0 spiro atoms. The molecule has 6 nitrogen and oxygen atoms in total. The van der Waals surface area contributed by atoms with E-state index in [2.05, 4.69) is 15.7 Å². The van der Waals surface area contributed by atoms with Gasteiger partial charge in [-0.15, -0.1) is 11.6 Å². The van der Waals surface area contributed by atoms with E-state index in [9.17, 15) is 9.59 Å². The fraction of sp³-hybridized carbons (Fsp3) is 0.375. The van der Waals surface area contributed by atoms with Crippen LogP contribution in [0.4, 0.5) is 5.69 Å². The maximum absolute atomic E-state index is 11.0. The Bertz CT molecular complexity index is 331. The topological polar surface area (TPSA) is 76.0 Å². The van der Waals surface area contributed by atoms with Crippen molar-refractivity contribution in [2.24, 2.45) is 0 Å². The summed E-state index contributed by atoms with van der Waals surface area (Å²) in [6, 6.07) is 0. The van der Waals surface area contributed by atoms with Gasteiger partial charge in [0, 0.05) is 13.2 Å². The molecule has 0 saturated heterocycles. The van der Waals surface area contributed by atoms with E-state index in [1.807, 2.05) is 0 Å². The van der Waals surface area contributed by atoms with E-state index in [0.29, 0.717) is 5.69 Å². The minimum atomic E-state index is -0.309. The van der Waals surface area contributed by atoms with Crippen LogP contribution in [-0.4, -0.2) is 34.5 Å². The second-order valence-electron chi connectivity index (χ2n) is 2.78. The minimum Gasteiger partial charge on any atom is -0.358 e. The van der Waals surface area contributed by atoms with Crippen LogP contribution in [0.1, 0.15) is 0 Å². The Labute approximate surface area is 91.6 Å². The summed E-state index contributed by atoms with van der Waals surface area (Å²) in [4.78, 5) is 21.9. The van der Waals surface area contributed by atoms with Crippen LogP contribution in [0.15, 0.2) is 12.4 Å². The molecule has 1 aromatic rings. The van der Waals surface area contributed by atoms with E-state index < -0.39 is 0 Å². The first-order valence-corrected chi connectivity index (χ1v) is 4.78. The van der Waals surface area contributed by atoms with Gasteiger partial charge in [-0.2, -0.15) is 5.10 Å². The molecule has 0 aliphatic heterocycles. The third kappa shape index (κ3) is 3.59. The number of hydrogen-bond acceptors (Lipinski definition) is 3. The van der Waals surface area contributed by atoms with Crippen molar-refractivity contribution in [3.8, 4) is 0 Å². The number of nitrogens with one attached hydrogen (secondary N) is 2. The van der Waals surface area contributed by atoms with Crippen molar-refractivity contribution in [1.29, 1.82) is 0 Å². The van der Waals surface area contributed by atoms with Crippen LogP contribution < -0.4 is 10.6 Å². The first-order valence-electron chi connectivity index (χ1n) is 4.24. The van der Waals surface area contributed by atoms with Gasteiger partial charge in [-0.25, -0.2) is 0 Å². The lowest BCUT2D eigenvalue weighted by molar-refractivity contribution is -0.121. The minimum absolute atomic E-state index is 0.110. The highest BCUT2D eigenvalue weighted by Crippen LogP contribution is 2.04. The molecule has 15 heavy (non-hydrogen) atoms. The molecule has 1 aromatic heterocycles. The number of alkyl halides is 1. The van der Waals surface area contributed by atoms with Gasteiger partial charge in [0.25, 0.3) is 0 Å². The molecule has 2 N–H and O–H groups in total. The molecular weight excluding hydrogens is 220 g/mol. The maximum atomic E-state index is 11.0. The quantitative estimate of drug-likeness (QED) is 0.704. The number of carbonyl (C=O) groups excluding carboxylic acids is 2. The van der Waals surface area contributed by atoms with Gasteiger partial charge in [-0.3, -0.25) is 14.3 Å². The van der Waals surface area contributed by atoms with Gasteiger partial charge in [0.2, 0.25) is 11.8 Å². The molecule has 0 unspecified atom stereocenters. The fourth-order valence-corrected chi connectivity index (χ4v) is 1.00. The summed E-state index contributed by atoms with van der Waals surface area (Å²) in [6.45, 7) is 0.118. The first-order chi connectivity index (χ1) is 7.15. The average molecular weight is 231 g/mol. The summed E-state index contributed by atoms with van der Waals surface area (Å²) < 4.78 is 1.42. The molecule has 1 heterocycles. The van der Waals surface area contributed by atoms with Crippen molar-refractivity contribution >= 4 is 29.1 Å². The van der Waals surface area contributed by atoms with Gasteiger partial charge in [0.1, 0.15) is 12.4 Å². The van der Waals surface area contributed by atoms with E-state index in [1.54, 1.807) is 13.2 Å². The Balaban J connectivity index is 2.56. The molecular formula is C8H11ClN4O2. The molecule has 0 bridgehead atoms. The van der Waals surface area contributed by atoms with Crippen molar-refractivity contribution in [2.45, 2.75) is 6.54 Å². The lowest BCUT2D eigenvalue weighted by Gasteiger charge is -1.99. The molecule has 7 heteroatoms. The predicted octanol–water partition coefficient (Wildman–Crippen LogP) is -0.194. The van der Waals surface area contributed by atoms with Crippen LogP contribution >= 0.6 is 11.6 Å². The van der Waals surface area contributed by atoms with Crippen LogP contribution in [0.3, 0.4) is 0 Å². The summed E-state index contributed by atoms with van der Waals surface area (Å²) in [7, 11) is 1.54. The van der Waals surface area contributed by atoms with Crippen molar-refractivity contribution in [3.63, 3.8) is 0 Å². The fourth-order valence-electron chi connectivity index (χ4n) is 0.935. The van der Waals surface area contributed by atoms with Crippen LogP contribution in [0.25, 0.3) is 0 Å². The first kappa shape index (κ1) is 11.5. The summed E-state index contributed by atoms with van der Waals surface area (Å²) in [5, 5.41) is 8.87. The zero-order valence-corrected chi connectivity index (χ0v) is 8.91. The number of aromatic nitrogens is 2. The van der Waals surface area contributed by atoms with Crippen LogP contribution in [-0.2, 0) is 16.1 Å². The summed E-state index contributed by atoms with van der Waals surface area (Å²) in [6.07, 6.45) is 3.01. The predicted molar refractivity (Wildman–Crippen MR) is 55.6 cm³/mol. The number of anilines is 1. The molecule has 0 aromatic carbocycles. The highest BCUT2D eigenvalue weighted by Gasteiger charge is 2.04. The Morgan fingerprint density at radius 3 is 2.87 bits per heavy atom. The number of amides is 2. The van der Waals surface area contributed by atoms with E-state index in [4.69, 9.17) is 11.6 Å². The number of nitrogens with zero attached hydrogens (tertiary/aromatic N) is 2. The molecule has 2 amide bonds. The zero-order valence-electron chi connectivity index (χ0n) is 8.16. The Hall–Kier alpha value is -1.56. The lowest BCUT2D eigenvalue weighted by Crippen LogP contribution is -2.23. The summed E-state index contributed by atoms with van der Waals surface area (Å²) in [5.74, 6) is -0.579. The summed E-state index contributed by atoms with van der Waals surface area (Å²) in [5.41, 5.74) is 0.518. The SMILES string of the molecule is CNC(=O)Cn1cc(NC(=O)CCl)cn1. The van der Waals surface area contributed by atoms with Crippen LogP contribution in [0, 0.1) is 0 Å². The number of hydrogen-bond donors (Lipinski definition) is 2. The van der Waals surface area contributed by atoms with Gasteiger partial charge in [0.15, 0.2) is 0 Å². The molecule has 0 aliphatic carbocycles. The molecule has 0 fully saturated rings. The monoisotopic (exact) mass is 230 g/mol. The van der Waals surface area contributed by atoms with Crippen molar-refractivity contribution in [2.75, 3.05) is 18.2 Å². The van der Waals surface area contributed by atoms with Crippen molar-refractivity contribution < 1.29 is 9.59 Å². The Morgan fingerprint density at radius 1 is 1.53 bits per heavy atom. The Morgan fingerprint density at radius 2 is 2.27 bits per heavy atom. The molecule has 0 radical (unpaired) electrons.